The van der Waals surface area contributed by atoms with E-state index in [1.165, 1.54) is 32.1 Å². The van der Waals surface area contributed by atoms with E-state index in [0.29, 0.717) is 39.6 Å². The zero-order valence-corrected chi connectivity index (χ0v) is 15.6. The van der Waals surface area contributed by atoms with Gasteiger partial charge in [-0.15, -0.1) is 0 Å². The van der Waals surface area contributed by atoms with Crippen molar-refractivity contribution in [2.75, 3.05) is 46.2 Å². The third kappa shape index (κ3) is 20.1. The van der Waals surface area contributed by atoms with Crippen molar-refractivity contribution in [1.29, 1.82) is 0 Å². The summed E-state index contributed by atoms with van der Waals surface area (Å²) < 4.78 is 22.1. The minimum absolute atomic E-state index is 0.631. The van der Waals surface area contributed by atoms with Gasteiger partial charge in [-0.05, 0) is 26.1 Å². The topological polar surface area (TPSA) is 36.9 Å². The highest BCUT2D eigenvalue weighted by Crippen LogP contribution is 2.02. The minimum Gasteiger partial charge on any atom is -0.415 e. The molecule has 0 amide bonds. The van der Waals surface area contributed by atoms with Crippen LogP contribution in [0.4, 0.5) is 0 Å². The number of rotatable bonds is 16. The summed E-state index contributed by atoms with van der Waals surface area (Å²) in [6, 6.07) is 0. The SMILES string of the molecule is CCCCCCCOCCOCCOCCO[Si](C)(C)C. The Balaban J connectivity index is 3.00. The first-order valence-corrected chi connectivity index (χ1v) is 11.8. The van der Waals surface area contributed by atoms with E-state index < -0.39 is 8.32 Å². The fraction of sp³-hybridized carbons (Fsp3) is 1.00. The van der Waals surface area contributed by atoms with Crippen molar-refractivity contribution in [3.63, 3.8) is 0 Å². The average molecular weight is 321 g/mol. The van der Waals surface area contributed by atoms with Crippen molar-refractivity contribution in [2.24, 2.45) is 0 Å². The van der Waals surface area contributed by atoms with Crippen LogP contribution in [0.1, 0.15) is 39.0 Å². The lowest BCUT2D eigenvalue weighted by molar-refractivity contribution is 0.00835. The van der Waals surface area contributed by atoms with Gasteiger partial charge in [-0.2, -0.15) is 0 Å². The lowest BCUT2D eigenvalue weighted by Crippen LogP contribution is -2.27. The molecule has 128 valence electrons. The van der Waals surface area contributed by atoms with Crippen LogP contribution in [-0.2, 0) is 18.6 Å². The van der Waals surface area contributed by atoms with E-state index in [1.807, 2.05) is 0 Å². The second kappa shape index (κ2) is 15.0. The second-order valence-electron chi connectivity index (χ2n) is 6.21. The number of hydrogen-bond donors (Lipinski definition) is 0. The predicted octanol–water partition coefficient (Wildman–Crippen LogP) is 3.86. The fourth-order valence-electron chi connectivity index (χ4n) is 1.76. The lowest BCUT2D eigenvalue weighted by Gasteiger charge is -2.16. The Hall–Kier alpha value is 0.0569. The molecule has 4 nitrogen and oxygen atoms in total. The summed E-state index contributed by atoms with van der Waals surface area (Å²) in [4.78, 5) is 0. The first-order chi connectivity index (χ1) is 10.1. The summed E-state index contributed by atoms with van der Waals surface area (Å²) in [6.07, 6.45) is 6.41. The van der Waals surface area contributed by atoms with Crippen molar-refractivity contribution < 1.29 is 18.6 Å². The first kappa shape index (κ1) is 21.1. The Morgan fingerprint density at radius 2 is 1.05 bits per heavy atom. The van der Waals surface area contributed by atoms with Crippen molar-refractivity contribution in [3.05, 3.63) is 0 Å². The zero-order valence-electron chi connectivity index (χ0n) is 14.6. The molecular weight excluding hydrogens is 284 g/mol. The van der Waals surface area contributed by atoms with Crippen LogP contribution >= 0.6 is 0 Å². The molecule has 0 aliphatic heterocycles. The zero-order chi connectivity index (χ0) is 15.8. The fourth-order valence-corrected chi connectivity index (χ4v) is 2.45. The molecule has 0 rings (SSSR count). The second-order valence-corrected chi connectivity index (χ2v) is 10.7. The van der Waals surface area contributed by atoms with Crippen LogP contribution in [0.15, 0.2) is 0 Å². The largest absolute Gasteiger partial charge is 0.415 e. The molecule has 5 heteroatoms. The first-order valence-electron chi connectivity index (χ1n) is 8.43. The average Bonchev–Trinajstić information content (AvgIpc) is 2.42. The summed E-state index contributed by atoms with van der Waals surface area (Å²) in [6.45, 7) is 13.6. The van der Waals surface area contributed by atoms with Crippen molar-refractivity contribution in [2.45, 2.75) is 58.7 Å². The lowest BCUT2D eigenvalue weighted by atomic mass is 10.2. The third-order valence-electron chi connectivity index (χ3n) is 2.90. The normalized spacial score (nSPS) is 12.0. The van der Waals surface area contributed by atoms with Gasteiger partial charge in [-0.1, -0.05) is 32.6 Å². The van der Waals surface area contributed by atoms with Gasteiger partial charge in [0.25, 0.3) is 0 Å². The van der Waals surface area contributed by atoms with Crippen LogP contribution < -0.4 is 0 Å². The maximum absolute atomic E-state index is 5.69. The number of ether oxygens (including phenoxy) is 3. The highest BCUT2D eigenvalue weighted by molar-refractivity contribution is 6.69. The molecule has 0 bridgehead atoms. The van der Waals surface area contributed by atoms with Crippen LogP contribution in [-0.4, -0.2) is 54.6 Å². The Morgan fingerprint density at radius 3 is 1.57 bits per heavy atom. The molecule has 0 aliphatic carbocycles. The van der Waals surface area contributed by atoms with Crippen molar-refractivity contribution >= 4 is 8.32 Å². The molecule has 0 aliphatic rings. The highest BCUT2D eigenvalue weighted by atomic mass is 28.4. The Kier molecular flexibility index (Phi) is 15.0. The molecule has 0 spiro atoms. The van der Waals surface area contributed by atoms with Gasteiger partial charge in [0, 0.05) is 6.61 Å². The summed E-state index contributed by atoms with van der Waals surface area (Å²) in [5, 5.41) is 0. The molecular formula is C16H36O4Si. The number of unbranched alkanes of at least 4 members (excludes halogenated alkanes) is 4. The van der Waals surface area contributed by atoms with E-state index >= 15 is 0 Å². The van der Waals surface area contributed by atoms with Gasteiger partial charge in [-0.25, -0.2) is 0 Å². The smallest absolute Gasteiger partial charge is 0.183 e. The molecule has 0 N–H and O–H groups in total. The van der Waals surface area contributed by atoms with Crippen molar-refractivity contribution in [3.8, 4) is 0 Å². The molecule has 0 saturated carbocycles. The molecule has 0 fully saturated rings. The van der Waals surface area contributed by atoms with E-state index in [2.05, 4.69) is 26.6 Å². The molecule has 0 aromatic heterocycles. The molecule has 0 aromatic rings. The van der Waals surface area contributed by atoms with E-state index in [0.717, 1.165) is 6.61 Å². The number of hydrogen-bond acceptors (Lipinski definition) is 4. The Labute approximate surface area is 132 Å². The maximum atomic E-state index is 5.69. The van der Waals surface area contributed by atoms with Gasteiger partial charge in [0.1, 0.15) is 0 Å². The van der Waals surface area contributed by atoms with Crippen LogP contribution in [0.25, 0.3) is 0 Å². The molecule has 0 atom stereocenters. The molecule has 21 heavy (non-hydrogen) atoms. The minimum atomic E-state index is -1.39. The Bertz CT molecular complexity index is 207. The van der Waals surface area contributed by atoms with E-state index in [4.69, 9.17) is 18.6 Å². The van der Waals surface area contributed by atoms with Crippen LogP contribution in [0.3, 0.4) is 0 Å². The van der Waals surface area contributed by atoms with E-state index in [1.54, 1.807) is 0 Å². The predicted molar refractivity (Wildman–Crippen MR) is 90.5 cm³/mol. The van der Waals surface area contributed by atoms with Gasteiger partial charge in [0.05, 0.1) is 39.6 Å². The summed E-state index contributed by atoms with van der Waals surface area (Å²) in [5.41, 5.74) is 0. The molecule has 0 unspecified atom stereocenters. The van der Waals surface area contributed by atoms with Gasteiger partial charge in [0.2, 0.25) is 0 Å². The van der Waals surface area contributed by atoms with Gasteiger partial charge in [-0.3, -0.25) is 0 Å². The maximum Gasteiger partial charge on any atom is 0.183 e. The Morgan fingerprint density at radius 1 is 0.571 bits per heavy atom. The van der Waals surface area contributed by atoms with Gasteiger partial charge in [0.15, 0.2) is 8.32 Å². The van der Waals surface area contributed by atoms with Crippen molar-refractivity contribution in [1.82, 2.24) is 0 Å². The third-order valence-corrected chi connectivity index (χ3v) is 3.97. The van der Waals surface area contributed by atoms with E-state index in [9.17, 15) is 0 Å². The molecule has 0 saturated heterocycles. The summed E-state index contributed by atoms with van der Waals surface area (Å²) in [5.74, 6) is 0. The van der Waals surface area contributed by atoms with E-state index in [-0.39, 0.29) is 0 Å². The standard InChI is InChI=1S/C16H36O4Si/c1-5-6-7-8-9-10-17-11-12-18-13-14-19-15-16-20-21(2,3)4/h5-16H2,1-4H3. The molecule has 0 heterocycles. The van der Waals surface area contributed by atoms with Crippen LogP contribution in [0.2, 0.25) is 19.6 Å². The van der Waals surface area contributed by atoms with Crippen LogP contribution in [0.5, 0.6) is 0 Å². The van der Waals surface area contributed by atoms with Gasteiger partial charge < -0.3 is 18.6 Å². The molecule has 0 radical (unpaired) electrons. The summed E-state index contributed by atoms with van der Waals surface area (Å²) in [7, 11) is -1.39. The van der Waals surface area contributed by atoms with Gasteiger partial charge >= 0.3 is 0 Å². The quantitative estimate of drug-likeness (QED) is 0.320. The monoisotopic (exact) mass is 320 g/mol. The molecule has 0 aromatic carbocycles. The summed E-state index contributed by atoms with van der Waals surface area (Å²) >= 11 is 0. The van der Waals surface area contributed by atoms with Crippen LogP contribution in [0, 0.1) is 0 Å². The highest BCUT2D eigenvalue weighted by Gasteiger charge is 2.12.